The zero-order valence-electron chi connectivity index (χ0n) is 15.1. The van der Waals surface area contributed by atoms with Crippen LogP contribution in [0.3, 0.4) is 0 Å². The van der Waals surface area contributed by atoms with Crippen LogP contribution in [0.5, 0.6) is 11.5 Å². The number of methoxy groups -OCH3 is 2. The van der Waals surface area contributed by atoms with Crippen LogP contribution in [0.15, 0.2) is 18.2 Å². The molecule has 1 aliphatic heterocycles. The number of benzene rings is 1. The zero-order valence-corrected chi connectivity index (χ0v) is 15.1. The van der Waals surface area contributed by atoms with Crippen molar-refractivity contribution in [2.45, 2.75) is 37.7 Å². The van der Waals surface area contributed by atoms with Gasteiger partial charge in [0.05, 0.1) is 26.2 Å². The lowest BCUT2D eigenvalue weighted by Crippen LogP contribution is -2.29. The number of carboxylic acid groups (broad SMARTS) is 1. The Kier molecular flexibility index (Phi) is 5.54. The third-order valence-corrected chi connectivity index (χ3v) is 5.28. The normalized spacial score (nSPS) is 23.1. The fourth-order valence-electron chi connectivity index (χ4n) is 3.87. The van der Waals surface area contributed by atoms with Crippen LogP contribution >= 0.6 is 0 Å². The number of carbonyl (C=O) groups excluding carboxylic acids is 1. The van der Waals surface area contributed by atoms with Gasteiger partial charge < -0.3 is 24.2 Å². The number of amides is 1. The van der Waals surface area contributed by atoms with Crippen molar-refractivity contribution in [2.75, 3.05) is 27.3 Å². The van der Waals surface area contributed by atoms with Gasteiger partial charge in [-0.15, -0.1) is 0 Å². The average Bonchev–Trinajstić information content (AvgIpc) is 3.30. The number of rotatable bonds is 5. The van der Waals surface area contributed by atoms with Gasteiger partial charge in [-0.3, -0.25) is 4.79 Å². The van der Waals surface area contributed by atoms with Gasteiger partial charge in [0.15, 0.2) is 11.5 Å². The summed E-state index contributed by atoms with van der Waals surface area (Å²) in [7, 11) is 2.89. The summed E-state index contributed by atoms with van der Waals surface area (Å²) in [6.07, 6.45) is 4.02. The van der Waals surface area contributed by atoms with E-state index >= 15 is 0 Å². The van der Waals surface area contributed by atoms with Gasteiger partial charge >= 0.3 is 12.1 Å². The molecule has 0 bridgehead atoms. The molecule has 1 saturated carbocycles. The minimum atomic E-state index is -0.921. The van der Waals surface area contributed by atoms with Gasteiger partial charge in [0.2, 0.25) is 0 Å². The van der Waals surface area contributed by atoms with Crippen LogP contribution in [0.1, 0.15) is 37.2 Å². The maximum Gasteiger partial charge on any atom is 0.409 e. The van der Waals surface area contributed by atoms with E-state index in [-0.39, 0.29) is 18.6 Å². The van der Waals surface area contributed by atoms with Gasteiger partial charge in [0.1, 0.15) is 0 Å². The van der Waals surface area contributed by atoms with Gasteiger partial charge in [-0.25, -0.2) is 4.79 Å². The highest BCUT2D eigenvalue weighted by Crippen LogP contribution is 2.39. The molecule has 1 aromatic carbocycles. The van der Waals surface area contributed by atoms with Crippen molar-refractivity contribution in [3.63, 3.8) is 0 Å². The maximum absolute atomic E-state index is 11.8. The number of carboxylic acids is 1. The van der Waals surface area contributed by atoms with Crippen molar-refractivity contribution in [2.24, 2.45) is 5.92 Å². The summed E-state index contributed by atoms with van der Waals surface area (Å²) in [5.41, 5.74) is 0.831. The molecule has 0 spiro atoms. The smallest absolute Gasteiger partial charge is 0.409 e. The summed E-state index contributed by atoms with van der Waals surface area (Å²) in [5.74, 6) is -0.645. The molecule has 1 aromatic rings. The van der Waals surface area contributed by atoms with Crippen LogP contribution in [0, 0.1) is 5.92 Å². The molecule has 2 aliphatic rings. The van der Waals surface area contributed by atoms with Crippen molar-refractivity contribution >= 4 is 12.1 Å². The standard InChI is InChI=1S/C19H25NO6/c1-24-16-8-7-12(9-17(16)26-13-5-3-4-6-13)14-10-20(19(23)25-2)11-15(14)18(21)22/h7-9,13-15H,3-6,10-11H2,1-2H3,(H,21,22)/t14-,15+/m1/s1. The summed E-state index contributed by atoms with van der Waals surface area (Å²) in [4.78, 5) is 25.0. The van der Waals surface area contributed by atoms with E-state index in [4.69, 9.17) is 14.2 Å². The van der Waals surface area contributed by atoms with Gasteiger partial charge in [0.25, 0.3) is 0 Å². The Morgan fingerprint density at radius 2 is 1.85 bits per heavy atom. The van der Waals surface area contributed by atoms with Crippen molar-refractivity contribution in [1.82, 2.24) is 4.90 Å². The number of hydrogen-bond acceptors (Lipinski definition) is 5. The second kappa shape index (κ2) is 7.85. The highest BCUT2D eigenvalue weighted by atomic mass is 16.5. The second-order valence-corrected chi connectivity index (χ2v) is 6.86. The van der Waals surface area contributed by atoms with Crippen LogP contribution in [0.4, 0.5) is 4.79 Å². The average molecular weight is 363 g/mol. The van der Waals surface area contributed by atoms with E-state index in [1.54, 1.807) is 13.2 Å². The molecular weight excluding hydrogens is 338 g/mol. The van der Waals surface area contributed by atoms with Gasteiger partial charge in [-0.05, 0) is 43.4 Å². The highest BCUT2D eigenvalue weighted by Gasteiger charge is 2.41. The lowest BCUT2D eigenvalue weighted by Gasteiger charge is -2.20. The Morgan fingerprint density at radius 1 is 1.12 bits per heavy atom. The van der Waals surface area contributed by atoms with E-state index in [2.05, 4.69) is 0 Å². The van der Waals surface area contributed by atoms with Crippen molar-refractivity contribution in [1.29, 1.82) is 0 Å². The molecule has 3 rings (SSSR count). The van der Waals surface area contributed by atoms with E-state index < -0.39 is 18.0 Å². The monoisotopic (exact) mass is 363 g/mol. The van der Waals surface area contributed by atoms with E-state index in [0.29, 0.717) is 18.0 Å². The summed E-state index contributed by atoms with van der Waals surface area (Å²) in [5, 5.41) is 9.58. The van der Waals surface area contributed by atoms with E-state index in [1.165, 1.54) is 12.0 Å². The molecule has 0 unspecified atom stereocenters. The SMILES string of the molecule is COC(=O)N1C[C@H](C(=O)O)[C@@H](c2ccc(OC)c(OC3CCCC3)c2)C1. The predicted octanol–water partition coefficient (Wildman–Crippen LogP) is 2.88. The molecular formula is C19H25NO6. The maximum atomic E-state index is 11.8. The molecule has 0 radical (unpaired) electrons. The molecule has 0 aromatic heterocycles. The minimum Gasteiger partial charge on any atom is -0.493 e. The molecule has 1 amide bonds. The second-order valence-electron chi connectivity index (χ2n) is 6.86. The number of nitrogens with zero attached hydrogens (tertiary/aromatic N) is 1. The highest BCUT2D eigenvalue weighted by molar-refractivity contribution is 5.75. The van der Waals surface area contributed by atoms with E-state index in [9.17, 15) is 14.7 Å². The summed E-state index contributed by atoms with van der Waals surface area (Å²) >= 11 is 0. The number of carbonyl (C=O) groups is 2. The first kappa shape index (κ1) is 18.4. The van der Waals surface area contributed by atoms with Crippen LogP contribution in [0.25, 0.3) is 0 Å². The van der Waals surface area contributed by atoms with Gasteiger partial charge in [0, 0.05) is 19.0 Å². The Balaban J connectivity index is 1.86. The molecule has 142 valence electrons. The number of ether oxygens (including phenoxy) is 3. The largest absolute Gasteiger partial charge is 0.493 e. The zero-order chi connectivity index (χ0) is 18.7. The Labute approximate surface area is 152 Å². The summed E-state index contributed by atoms with van der Waals surface area (Å²) in [6, 6.07) is 5.51. The Morgan fingerprint density at radius 3 is 2.46 bits per heavy atom. The molecule has 2 atom stereocenters. The van der Waals surface area contributed by atoms with Crippen LogP contribution in [-0.4, -0.2) is 55.5 Å². The molecule has 2 fully saturated rings. The number of hydrogen-bond donors (Lipinski definition) is 1. The van der Waals surface area contributed by atoms with E-state index in [1.807, 2.05) is 12.1 Å². The quantitative estimate of drug-likeness (QED) is 0.866. The fourth-order valence-corrected chi connectivity index (χ4v) is 3.87. The van der Waals surface area contributed by atoms with Crippen LogP contribution in [-0.2, 0) is 9.53 Å². The third-order valence-electron chi connectivity index (χ3n) is 5.28. The summed E-state index contributed by atoms with van der Waals surface area (Å²) in [6.45, 7) is 0.441. The van der Waals surface area contributed by atoms with Crippen molar-refractivity contribution < 1.29 is 28.9 Å². The number of likely N-dealkylation sites (tertiary alicyclic amines) is 1. The first-order valence-corrected chi connectivity index (χ1v) is 8.93. The fraction of sp³-hybridized carbons (Fsp3) is 0.579. The molecule has 7 heteroatoms. The van der Waals surface area contributed by atoms with Gasteiger partial charge in [-0.1, -0.05) is 6.07 Å². The molecule has 1 N–H and O–H groups in total. The summed E-state index contributed by atoms with van der Waals surface area (Å²) < 4.78 is 16.3. The molecule has 1 aliphatic carbocycles. The van der Waals surface area contributed by atoms with Gasteiger partial charge in [-0.2, -0.15) is 0 Å². The third kappa shape index (κ3) is 3.71. The topological polar surface area (TPSA) is 85.3 Å². The molecule has 26 heavy (non-hydrogen) atoms. The van der Waals surface area contributed by atoms with Crippen molar-refractivity contribution in [3.8, 4) is 11.5 Å². The first-order valence-electron chi connectivity index (χ1n) is 8.93. The molecule has 7 nitrogen and oxygen atoms in total. The lowest BCUT2D eigenvalue weighted by molar-refractivity contribution is -0.141. The molecule has 1 saturated heterocycles. The number of aliphatic carboxylic acids is 1. The van der Waals surface area contributed by atoms with E-state index in [0.717, 1.165) is 31.2 Å². The minimum absolute atomic E-state index is 0.136. The Bertz CT molecular complexity index is 670. The lowest BCUT2D eigenvalue weighted by atomic mass is 9.89. The van der Waals surface area contributed by atoms with Crippen molar-refractivity contribution in [3.05, 3.63) is 23.8 Å². The van der Waals surface area contributed by atoms with Crippen LogP contribution in [0.2, 0.25) is 0 Å². The Hall–Kier alpha value is -2.44. The predicted molar refractivity (Wildman–Crippen MR) is 93.7 cm³/mol. The first-order chi connectivity index (χ1) is 12.5. The van der Waals surface area contributed by atoms with Crippen LogP contribution < -0.4 is 9.47 Å². The molecule has 1 heterocycles.